The van der Waals surface area contributed by atoms with Gasteiger partial charge in [0.05, 0.1) is 6.67 Å². The number of nitrogens with one attached hydrogen (secondary N) is 1. The summed E-state index contributed by atoms with van der Waals surface area (Å²) in [4.78, 5) is 9.36. The van der Waals surface area contributed by atoms with E-state index in [4.69, 9.17) is 0 Å². The molecule has 26 heavy (non-hydrogen) atoms. The standard InChI is InChI=1S/C22H24N4/c1-2-5-19-14-26(13-18(19)4-1)16-25-11-9-20(15-25)24-22-7-3-6-17-12-23-10-8-21(17)22/h1-8,10,12,20,24H,9,11,13-16H2. The summed E-state index contributed by atoms with van der Waals surface area (Å²) < 4.78 is 0. The summed E-state index contributed by atoms with van der Waals surface area (Å²) in [7, 11) is 0. The van der Waals surface area contributed by atoms with Gasteiger partial charge in [-0.2, -0.15) is 0 Å². The third-order valence-corrected chi connectivity index (χ3v) is 5.62. The SMILES string of the molecule is c1ccc2c(c1)CN(CN1CCC(Nc3cccc4cnccc34)C1)C2. The maximum Gasteiger partial charge on any atom is 0.0513 e. The van der Waals surface area contributed by atoms with E-state index in [1.807, 2.05) is 12.4 Å². The smallest absolute Gasteiger partial charge is 0.0513 e. The Morgan fingerprint density at radius 2 is 1.81 bits per heavy atom. The number of hydrogen-bond acceptors (Lipinski definition) is 4. The zero-order valence-corrected chi connectivity index (χ0v) is 14.9. The lowest BCUT2D eigenvalue weighted by Gasteiger charge is -2.24. The molecular weight excluding hydrogens is 320 g/mol. The first-order chi connectivity index (χ1) is 12.8. The molecule has 0 saturated carbocycles. The normalized spacial score (nSPS) is 20.5. The summed E-state index contributed by atoms with van der Waals surface area (Å²) in [5.41, 5.74) is 4.21. The molecule has 1 N–H and O–H groups in total. The molecule has 4 nitrogen and oxygen atoms in total. The Morgan fingerprint density at radius 3 is 2.65 bits per heavy atom. The minimum absolute atomic E-state index is 0.513. The third-order valence-electron chi connectivity index (χ3n) is 5.62. The van der Waals surface area contributed by atoms with Crippen molar-refractivity contribution >= 4 is 16.5 Å². The summed E-state index contributed by atoms with van der Waals surface area (Å²) in [6, 6.07) is 17.9. The number of aromatic nitrogens is 1. The molecule has 5 rings (SSSR count). The fourth-order valence-electron chi connectivity index (χ4n) is 4.33. The van der Waals surface area contributed by atoms with Crippen molar-refractivity contribution in [3.63, 3.8) is 0 Å². The summed E-state index contributed by atoms with van der Waals surface area (Å²) in [6.45, 7) is 5.50. The van der Waals surface area contributed by atoms with E-state index < -0.39 is 0 Å². The van der Waals surface area contributed by atoms with Gasteiger partial charge in [0.1, 0.15) is 0 Å². The number of pyridine rings is 1. The van der Waals surface area contributed by atoms with Crippen molar-refractivity contribution in [1.82, 2.24) is 14.8 Å². The Balaban J connectivity index is 1.21. The van der Waals surface area contributed by atoms with Gasteiger partial charge in [0, 0.05) is 61.1 Å². The predicted molar refractivity (Wildman–Crippen MR) is 106 cm³/mol. The lowest BCUT2D eigenvalue weighted by atomic mass is 10.1. The van der Waals surface area contributed by atoms with Crippen molar-refractivity contribution in [1.29, 1.82) is 0 Å². The Morgan fingerprint density at radius 1 is 0.962 bits per heavy atom. The molecule has 1 unspecified atom stereocenters. The van der Waals surface area contributed by atoms with Crippen LogP contribution in [0.4, 0.5) is 5.69 Å². The van der Waals surface area contributed by atoms with E-state index in [2.05, 4.69) is 68.6 Å². The zero-order chi connectivity index (χ0) is 17.3. The number of anilines is 1. The van der Waals surface area contributed by atoms with Crippen LogP contribution >= 0.6 is 0 Å². The summed E-state index contributed by atoms with van der Waals surface area (Å²) in [5.74, 6) is 0. The Kier molecular flexibility index (Phi) is 4.07. The number of benzene rings is 2. The molecular formula is C22H24N4. The second kappa shape index (κ2) is 6.71. The maximum absolute atomic E-state index is 4.23. The van der Waals surface area contributed by atoms with Crippen LogP contribution in [0.2, 0.25) is 0 Å². The van der Waals surface area contributed by atoms with Crippen LogP contribution in [0.5, 0.6) is 0 Å². The number of rotatable bonds is 4. The molecule has 4 heteroatoms. The molecule has 2 aromatic carbocycles. The fourth-order valence-corrected chi connectivity index (χ4v) is 4.33. The van der Waals surface area contributed by atoms with Crippen LogP contribution in [0.25, 0.3) is 10.8 Å². The minimum Gasteiger partial charge on any atom is -0.380 e. The van der Waals surface area contributed by atoms with E-state index in [1.54, 1.807) is 0 Å². The van der Waals surface area contributed by atoms with Crippen molar-refractivity contribution in [2.24, 2.45) is 0 Å². The second-order valence-electron chi connectivity index (χ2n) is 7.51. The maximum atomic E-state index is 4.23. The van der Waals surface area contributed by atoms with E-state index in [0.717, 1.165) is 32.8 Å². The second-order valence-corrected chi connectivity index (χ2v) is 7.51. The van der Waals surface area contributed by atoms with Crippen LogP contribution in [0.15, 0.2) is 60.9 Å². The van der Waals surface area contributed by atoms with Gasteiger partial charge in [-0.1, -0.05) is 36.4 Å². The number of nitrogens with zero attached hydrogens (tertiary/aromatic N) is 3. The number of likely N-dealkylation sites (tertiary alicyclic amines) is 1. The average molecular weight is 344 g/mol. The van der Waals surface area contributed by atoms with Gasteiger partial charge in [0.25, 0.3) is 0 Å². The van der Waals surface area contributed by atoms with Crippen molar-refractivity contribution in [3.8, 4) is 0 Å². The highest BCUT2D eigenvalue weighted by Crippen LogP contribution is 2.26. The van der Waals surface area contributed by atoms with Gasteiger partial charge in [-0.3, -0.25) is 14.8 Å². The van der Waals surface area contributed by atoms with Crippen molar-refractivity contribution in [2.45, 2.75) is 25.6 Å². The van der Waals surface area contributed by atoms with Crippen LogP contribution in [-0.2, 0) is 13.1 Å². The van der Waals surface area contributed by atoms with Gasteiger partial charge in [0.2, 0.25) is 0 Å². The van der Waals surface area contributed by atoms with E-state index >= 15 is 0 Å². The van der Waals surface area contributed by atoms with E-state index in [9.17, 15) is 0 Å². The highest BCUT2D eigenvalue weighted by atomic mass is 15.3. The molecule has 1 aromatic heterocycles. The van der Waals surface area contributed by atoms with Crippen LogP contribution < -0.4 is 5.32 Å². The lowest BCUT2D eigenvalue weighted by molar-refractivity contribution is 0.153. The van der Waals surface area contributed by atoms with Crippen LogP contribution in [0, 0.1) is 0 Å². The third kappa shape index (κ3) is 3.06. The Hall–Kier alpha value is -2.43. The molecule has 3 heterocycles. The van der Waals surface area contributed by atoms with Gasteiger partial charge < -0.3 is 5.32 Å². The van der Waals surface area contributed by atoms with Gasteiger partial charge in [0.15, 0.2) is 0 Å². The molecule has 2 aliphatic rings. The number of fused-ring (bicyclic) bond motifs is 2. The lowest BCUT2D eigenvalue weighted by Crippen LogP contribution is -2.35. The zero-order valence-electron chi connectivity index (χ0n) is 14.9. The first kappa shape index (κ1) is 15.8. The van der Waals surface area contributed by atoms with Crippen molar-refractivity contribution < 1.29 is 0 Å². The molecule has 3 aromatic rings. The molecule has 0 amide bonds. The molecule has 0 radical (unpaired) electrons. The van der Waals surface area contributed by atoms with Gasteiger partial charge >= 0.3 is 0 Å². The molecule has 0 aliphatic carbocycles. The molecule has 1 fully saturated rings. The largest absolute Gasteiger partial charge is 0.380 e. The number of hydrogen-bond donors (Lipinski definition) is 1. The highest BCUT2D eigenvalue weighted by molar-refractivity contribution is 5.93. The van der Waals surface area contributed by atoms with Crippen molar-refractivity contribution in [3.05, 3.63) is 72.1 Å². The topological polar surface area (TPSA) is 31.4 Å². The van der Waals surface area contributed by atoms with E-state index in [0.29, 0.717) is 6.04 Å². The molecule has 132 valence electrons. The van der Waals surface area contributed by atoms with Gasteiger partial charge in [-0.15, -0.1) is 0 Å². The minimum atomic E-state index is 0.513. The highest BCUT2D eigenvalue weighted by Gasteiger charge is 2.26. The summed E-state index contributed by atoms with van der Waals surface area (Å²) >= 11 is 0. The molecule has 0 spiro atoms. The Bertz CT molecular complexity index is 892. The first-order valence-corrected chi connectivity index (χ1v) is 9.46. The van der Waals surface area contributed by atoms with Gasteiger partial charge in [-0.05, 0) is 29.7 Å². The average Bonchev–Trinajstić information content (AvgIpc) is 3.28. The van der Waals surface area contributed by atoms with Crippen LogP contribution in [0.3, 0.4) is 0 Å². The monoisotopic (exact) mass is 344 g/mol. The fraction of sp³-hybridized carbons (Fsp3) is 0.318. The van der Waals surface area contributed by atoms with Gasteiger partial charge in [-0.25, -0.2) is 0 Å². The first-order valence-electron chi connectivity index (χ1n) is 9.46. The van der Waals surface area contributed by atoms with Crippen molar-refractivity contribution in [2.75, 3.05) is 25.1 Å². The summed E-state index contributed by atoms with van der Waals surface area (Å²) in [6.07, 6.45) is 5.01. The van der Waals surface area contributed by atoms with E-state index in [-0.39, 0.29) is 0 Å². The molecule has 0 bridgehead atoms. The quantitative estimate of drug-likeness (QED) is 0.782. The molecule has 2 aliphatic heterocycles. The van der Waals surface area contributed by atoms with Crippen LogP contribution in [0.1, 0.15) is 17.5 Å². The van der Waals surface area contributed by atoms with E-state index in [1.165, 1.54) is 34.0 Å². The summed E-state index contributed by atoms with van der Waals surface area (Å²) in [5, 5.41) is 6.22. The molecule has 1 saturated heterocycles. The molecule has 1 atom stereocenters. The Labute approximate surface area is 154 Å². The predicted octanol–water partition coefficient (Wildman–Crippen LogP) is 3.69. The van der Waals surface area contributed by atoms with Crippen LogP contribution in [-0.4, -0.2) is 40.6 Å².